The van der Waals surface area contributed by atoms with Crippen LogP contribution in [0.1, 0.15) is 12.7 Å². The molecule has 3 rings (SSSR count). The van der Waals surface area contributed by atoms with Gasteiger partial charge in [0.05, 0.1) is 12.0 Å². The summed E-state index contributed by atoms with van der Waals surface area (Å²) < 4.78 is 14.4. The quantitative estimate of drug-likeness (QED) is 0.762. The van der Waals surface area contributed by atoms with Gasteiger partial charge in [0.25, 0.3) is 5.56 Å². The van der Waals surface area contributed by atoms with Crippen molar-refractivity contribution in [3.63, 3.8) is 0 Å². The second-order valence-electron chi connectivity index (χ2n) is 4.10. The summed E-state index contributed by atoms with van der Waals surface area (Å²) in [6.07, 6.45) is 2.02. The first-order chi connectivity index (χ1) is 9.20. The van der Waals surface area contributed by atoms with Crippen molar-refractivity contribution in [3.05, 3.63) is 52.6 Å². The number of aromatic nitrogens is 4. The van der Waals surface area contributed by atoms with E-state index in [0.717, 1.165) is 0 Å². The topological polar surface area (TPSA) is 63.6 Å². The number of hydrogen-bond acceptors (Lipinski definition) is 3. The highest BCUT2D eigenvalue weighted by atomic mass is 19.1. The Morgan fingerprint density at radius 2 is 2.05 bits per heavy atom. The number of nitrogens with zero attached hydrogens (tertiary/aromatic N) is 3. The first-order valence-electron chi connectivity index (χ1n) is 5.91. The van der Waals surface area contributed by atoms with Crippen LogP contribution in [0.4, 0.5) is 4.39 Å². The Balaban J connectivity index is 2.35. The molecule has 1 aromatic carbocycles. The monoisotopic (exact) mass is 258 g/mol. The Morgan fingerprint density at radius 3 is 2.74 bits per heavy atom. The zero-order valence-electron chi connectivity index (χ0n) is 10.2. The standard InChI is InChI=1S/C13H11FN4O/c1-2-10-17-12-11(15-7-16-12)13(19)18(10)9-5-3-8(14)4-6-9/h3-7H,2H2,1H3,(H,15,16). The van der Waals surface area contributed by atoms with Gasteiger partial charge in [-0.15, -0.1) is 0 Å². The Hall–Kier alpha value is -2.50. The highest BCUT2D eigenvalue weighted by molar-refractivity contribution is 5.69. The maximum Gasteiger partial charge on any atom is 0.284 e. The molecule has 1 N–H and O–H groups in total. The van der Waals surface area contributed by atoms with Crippen LogP contribution >= 0.6 is 0 Å². The van der Waals surface area contributed by atoms with Crippen molar-refractivity contribution in [2.75, 3.05) is 0 Å². The molecule has 0 bridgehead atoms. The predicted molar refractivity (Wildman–Crippen MR) is 68.8 cm³/mol. The van der Waals surface area contributed by atoms with Gasteiger partial charge in [-0.3, -0.25) is 9.36 Å². The van der Waals surface area contributed by atoms with E-state index < -0.39 is 0 Å². The Bertz CT molecular complexity index is 789. The molecule has 0 spiro atoms. The van der Waals surface area contributed by atoms with E-state index in [4.69, 9.17) is 0 Å². The lowest BCUT2D eigenvalue weighted by Gasteiger charge is -2.10. The Morgan fingerprint density at radius 1 is 1.32 bits per heavy atom. The normalized spacial score (nSPS) is 11.1. The number of aryl methyl sites for hydroxylation is 1. The summed E-state index contributed by atoms with van der Waals surface area (Å²) in [6, 6.07) is 5.75. The van der Waals surface area contributed by atoms with Gasteiger partial charge >= 0.3 is 0 Å². The molecule has 0 fully saturated rings. The average molecular weight is 258 g/mol. The molecule has 0 aliphatic carbocycles. The maximum atomic E-state index is 13.0. The van der Waals surface area contributed by atoms with E-state index in [0.29, 0.717) is 29.1 Å². The molecule has 0 unspecified atom stereocenters. The maximum absolute atomic E-state index is 13.0. The SMILES string of the molecule is CCc1nc2nc[nH]c2c(=O)n1-c1ccc(F)cc1. The van der Waals surface area contributed by atoms with Gasteiger partial charge in [-0.25, -0.2) is 14.4 Å². The van der Waals surface area contributed by atoms with Crippen molar-refractivity contribution in [2.24, 2.45) is 0 Å². The van der Waals surface area contributed by atoms with Gasteiger partial charge in [-0.05, 0) is 24.3 Å². The molecule has 0 atom stereocenters. The van der Waals surface area contributed by atoms with Crippen LogP contribution in [0.15, 0.2) is 35.4 Å². The largest absolute Gasteiger partial charge is 0.339 e. The predicted octanol–water partition coefficient (Wildman–Crippen LogP) is 1.81. The van der Waals surface area contributed by atoms with Crippen LogP contribution in [0.3, 0.4) is 0 Å². The van der Waals surface area contributed by atoms with Crippen LogP contribution in [0.2, 0.25) is 0 Å². The summed E-state index contributed by atoms with van der Waals surface area (Å²) in [6.45, 7) is 1.90. The van der Waals surface area contributed by atoms with Crippen LogP contribution in [0, 0.1) is 5.82 Å². The van der Waals surface area contributed by atoms with Gasteiger partial charge in [-0.1, -0.05) is 6.92 Å². The number of rotatable bonds is 2. The summed E-state index contributed by atoms with van der Waals surface area (Å²) in [7, 11) is 0. The first-order valence-corrected chi connectivity index (χ1v) is 5.91. The lowest BCUT2D eigenvalue weighted by Crippen LogP contribution is -2.23. The third kappa shape index (κ3) is 1.81. The minimum Gasteiger partial charge on any atom is -0.339 e. The molecule has 19 heavy (non-hydrogen) atoms. The number of H-pyrrole nitrogens is 1. The second kappa shape index (κ2) is 4.31. The van der Waals surface area contributed by atoms with E-state index in [9.17, 15) is 9.18 Å². The van der Waals surface area contributed by atoms with Gasteiger partial charge in [0.15, 0.2) is 11.2 Å². The fourth-order valence-electron chi connectivity index (χ4n) is 2.02. The highest BCUT2D eigenvalue weighted by Crippen LogP contribution is 2.12. The molecule has 0 amide bonds. The second-order valence-corrected chi connectivity index (χ2v) is 4.10. The number of hydrogen-bond donors (Lipinski definition) is 1. The summed E-state index contributed by atoms with van der Waals surface area (Å²) in [4.78, 5) is 23.5. The van der Waals surface area contributed by atoms with E-state index in [1.54, 1.807) is 12.1 Å². The van der Waals surface area contributed by atoms with Crippen molar-refractivity contribution in [1.29, 1.82) is 0 Å². The summed E-state index contributed by atoms with van der Waals surface area (Å²) >= 11 is 0. The average Bonchev–Trinajstić information content (AvgIpc) is 2.88. The van der Waals surface area contributed by atoms with Gasteiger partial charge in [0.1, 0.15) is 11.6 Å². The smallest absolute Gasteiger partial charge is 0.284 e. The minimum absolute atomic E-state index is 0.231. The molecule has 0 aliphatic heterocycles. The molecule has 2 aromatic heterocycles. The molecule has 96 valence electrons. The summed E-state index contributed by atoms with van der Waals surface area (Å²) in [5.74, 6) is 0.252. The van der Waals surface area contributed by atoms with E-state index in [-0.39, 0.29) is 11.4 Å². The van der Waals surface area contributed by atoms with Gasteiger partial charge in [-0.2, -0.15) is 0 Å². The lowest BCUT2D eigenvalue weighted by atomic mass is 10.3. The Labute approximate surface area is 107 Å². The number of aromatic amines is 1. The van der Waals surface area contributed by atoms with Gasteiger partial charge < -0.3 is 4.98 Å². The molecule has 0 saturated heterocycles. The van der Waals surface area contributed by atoms with Crippen LogP contribution in [0.5, 0.6) is 0 Å². The number of benzene rings is 1. The first kappa shape index (κ1) is 11.6. The lowest BCUT2D eigenvalue weighted by molar-refractivity contribution is 0.627. The number of fused-ring (bicyclic) bond motifs is 1. The van der Waals surface area contributed by atoms with Crippen LogP contribution in [-0.2, 0) is 6.42 Å². The van der Waals surface area contributed by atoms with E-state index in [2.05, 4.69) is 15.0 Å². The zero-order valence-corrected chi connectivity index (χ0v) is 10.2. The molecule has 3 aromatic rings. The summed E-state index contributed by atoms with van der Waals surface area (Å²) in [5.41, 5.74) is 1.11. The van der Waals surface area contributed by atoms with Gasteiger partial charge in [0.2, 0.25) is 0 Å². The molecule has 0 aliphatic rings. The van der Waals surface area contributed by atoms with Gasteiger partial charge in [0, 0.05) is 6.42 Å². The van der Waals surface area contributed by atoms with Crippen molar-refractivity contribution in [2.45, 2.75) is 13.3 Å². The highest BCUT2D eigenvalue weighted by Gasteiger charge is 2.12. The molecule has 5 nitrogen and oxygen atoms in total. The van der Waals surface area contributed by atoms with Crippen molar-refractivity contribution in [1.82, 2.24) is 19.5 Å². The molecular weight excluding hydrogens is 247 g/mol. The van der Waals surface area contributed by atoms with Crippen LogP contribution in [-0.4, -0.2) is 19.5 Å². The van der Waals surface area contributed by atoms with E-state index in [1.807, 2.05) is 6.92 Å². The fourth-order valence-corrected chi connectivity index (χ4v) is 2.02. The Kier molecular flexibility index (Phi) is 2.63. The molecule has 0 saturated carbocycles. The number of nitrogens with one attached hydrogen (secondary N) is 1. The van der Waals surface area contributed by atoms with Crippen LogP contribution in [0.25, 0.3) is 16.9 Å². The van der Waals surface area contributed by atoms with Crippen molar-refractivity contribution in [3.8, 4) is 5.69 Å². The fraction of sp³-hybridized carbons (Fsp3) is 0.154. The van der Waals surface area contributed by atoms with Crippen LogP contribution < -0.4 is 5.56 Å². The van der Waals surface area contributed by atoms with Crippen molar-refractivity contribution < 1.29 is 4.39 Å². The number of halogens is 1. The third-order valence-corrected chi connectivity index (χ3v) is 2.93. The molecule has 2 heterocycles. The van der Waals surface area contributed by atoms with E-state index in [1.165, 1.54) is 23.0 Å². The zero-order chi connectivity index (χ0) is 13.4. The summed E-state index contributed by atoms with van der Waals surface area (Å²) in [5, 5.41) is 0. The molecule has 0 radical (unpaired) electrons. The van der Waals surface area contributed by atoms with Crippen molar-refractivity contribution >= 4 is 11.2 Å². The third-order valence-electron chi connectivity index (χ3n) is 2.93. The molecule has 6 heteroatoms. The number of imidazole rings is 1. The molecular formula is C13H11FN4O. The minimum atomic E-state index is -0.342. The van der Waals surface area contributed by atoms with E-state index >= 15 is 0 Å².